The van der Waals surface area contributed by atoms with Crippen LogP contribution in [0.25, 0.3) is 16.7 Å². The van der Waals surface area contributed by atoms with E-state index in [1.54, 1.807) is 26.1 Å². The number of ether oxygens (including phenoxy) is 1. The van der Waals surface area contributed by atoms with E-state index < -0.39 is 86.7 Å². The van der Waals surface area contributed by atoms with E-state index in [4.69, 9.17) is 4.74 Å². The van der Waals surface area contributed by atoms with Crippen molar-refractivity contribution in [3.63, 3.8) is 0 Å². The summed E-state index contributed by atoms with van der Waals surface area (Å²) < 4.78 is 106. The molecule has 0 spiro atoms. The van der Waals surface area contributed by atoms with Gasteiger partial charge in [-0.1, -0.05) is 0 Å². The van der Waals surface area contributed by atoms with Gasteiger partial charge >= 0.3 is 12.3 Å². The fourth-order valence-electron chi connectivity index (χ4n) is 5.08. The highest BCUT2D eigenvalue weighted by Gasteiger charge is 2.50. The first-order valence-electron chi connectivity index (χ1n) is 14.0. The molecule has 9 nitrogen and oxygen atoms in total. The number of amides is 2. The lowest BCUT2D eigenvalue weighted by Gasteiger charge is -2.36. The Morgan fingerprint density at radius 3 is 2.09 bits per heavy atom. The first-order chi connectivity index (χ1) is 20.9. The quantitative estimate of drug-likeness (QED) is 0.391. The van der Waals surface area contributed by atoms with Gasteiger partial charge in [-0.25, -0.2) is 27.3 Å². The fourth-order valence-corrected chi connectivity index (χ4v) is 5.08. The largest absolute Gasteiger partial charge is 0.444 e. The van der Waals surface area contributed by atoms with E-state index in [1.807, 2.05) is 0 Å². The molecule has 1 saturated carbocycles. The second-order valence-corrected chi connectivity index (χ2v) is 11.9. The van der Waals surface area contributed by atoms with E-state index in [1.165, 1.54) is 9.80 Å². The number of aromatic nitrogens is 2. The monoisotopic (exact) mass is 643 g/mol. The van der Waals surface area contributed by atoms with Crippen LogP contribution in [0.3, 0.4) is 0 Å². The van der Waals surface area contributed by atoms with Crippen molar-refractivity contribution in [3.8, 4) is 5.69 Å². The van der Waals surface area contributed by atoms with Gasteiger partial charge in [0.2, 0.25) is 5.43 Å². The summed E-state index contributed by atoms with van der Waals surface area (Å²) in [6.45, 7) is 5.33. The predicted molar refractivity (Wildman–Crippen MR) is 147 cm³/mol. The number of hydrogen-bond acceptors (Lipinski definition) is 6. The third-order valence-corrected chi connectivity index (χ3v) is 7.34. The minimum Gasteiger partial charge on any atom is -0.444 e. The van der Waals surface area contributed by atoms with Gasteiger partial charge in [0.1, 0.15) is 28.7 Å². The molecule has 2 fully saturated rings. The van der Waals surface area contributed by atoms with Crippen LogP contribution in [-0.2, 0) is 4.74 Å². The van der Waals surface area contributed by atoms with Crippen LogP contribution in [-0.4, -0.2) is 70.4 Å². The molecule has 242 valence electrons. The minimum absolute atomic E-state index is 0.0403. The topological polar surface area (TPSA) is 96.8 Å². The Kier molecular flexibility index (Phi) is 8.21. The number of piperazine rings is 1. The molecule has 45 heavy (non-hydrogen) atoms. The molecule has 1 atom stereocenters. The molecule has 0 radical (unpaired) electrons. The van der Waals surface area contributed by atoms with Gasteiger partial charge < -0.3 is 19.9 Å². The standard InChI is InChI=1S/C29H28F7N5O4/c1-28(2,3)45-27(44)40-8-6-39(7-9-40)25-20(33)12-16-22(42)17(26(43)37-23(14-4-5-14)29(34,35)36)13-41(24(16)38-25)21-18(31)10-15(30)11-19(21)32/h10-14,23H,4-9H2,1-3H3,(H,37,43). The molecule has 2 aromatic heterocycles. The zero-order chi connectivity index (χ0) is 33.0. The van der Waals surface area contributed by atoms with Gasteiger partial charge in [0.05, 0.1) is 5.39 Å². The predicted octanol–water partition coefficient (Wildman–Crippen LogP) is 5.07. The van der Waals surface area contributed by atoms with Crippen LogP contribution >= 0.6 is 0 Å². The third kappa shape index (κ3) is 6.68. The van der Waals surface area contributed by atoms with Crippen molar-refractivity contribution in [1.29, 1.82) is 0 Å². The van der Waals surface area contributed by atoms with Crippen LogP contribution in [0.5, 0.6) is 0 Å². The summed E-state index contributed by atoms with van der Waals surface area (Å²) in [6.07, 6.45) is -4.48. The lowest BCUT2D eigenvalue weighted by molar-refractivity contribution is -0.158. The van der Waals surface area contributed by atoms with E-state index in [-0.39, 0.29) is 44.8 Å². The second-order valence-electron chi connectivity index (χ2n) is 11.9. The van der Waals surface area contributed by atoms with Gasteiger partial charge in [-0.05, 0) is 45.6 Å². The number of halogens is 7. The van der Waals surface area contributed by atoms with Crippen LogP contribution in [0.1, 0.15) is 44.0 Å². The van der Waals surface area contributed by atoms with Gasteiger partial charge in [0, 0.05) is 44.5 Å². The Morgan fingerprint density at radius 2 is 1.56 bits per heavy atom. The van der Waals surface area contributed by atoms with Crippen molar-refractivity contribution in [1.82, 2.24) is 19.8 Å². The Bertz CT molecular complexity index is 1700. The molecule has 1 unspecified atom stereocenters. The maximum absolute atomic E-state index is 15.5. The summed E-state index contributed by atoms with van der Waals surface area (Å²) in [5.41, 5.74) is -4.53. The molecule has 2 amide bonds. The molecule has 16 heteroatoms. The Hall–Kier alpha value is -4.37. The number of nitrogens with zero attached hydrogens (tertiary/aromatic N) is 4. The molecular weight excluding hydrogens is 615 g/mol. The van der Waals surface area contributed by atoms with Crippen molar-refractivity contribution in [3.05, 3.63) is 63.5 Å². The summed E-state index contributed by atoms with van der Waals surface area (Å²) in [6, 6.07) is -0.997. The number of nitrogens with one attached hydrogen (secondary N) is 1. The number of fused-ring (bicyclic) bond motifs is 1. The summed E-state index contributed by atoms with van der Waals surface area (Å²) >= 11 is 0. The Labute approximate surface area is 251 Å². The molecule has 1 aliphatic heterocycles. The number of carbonyl (C=O) groups is 2. The highest BCUT2D eigenvalue weighted by atomic mass is 19.4. The lowest BCUT2D eigenvalue weighted by Crippen LogP contribution is -2.50. The van der Waals surface area contributed by atoms with Crippen LogP contribution in [0.15, 0.2) is 29.2 Å². The molecule has 0 bridgehead atoms. The number of pyridine rings is 2. The molecule has 1 aromatic carbocycles. The van der Waals surface area contributed by atoms with Gasteiger partial charge in [0.15, 0.2) is 28.9 Å². The summed E-state index contributed by atoms with van der Waals surface area (Å²) in [7, 11) is 0. The number of anilines is 1. The molecule has 2 aliphatic rings. The zero-order valence-electron chi connectivity index (χ0n) is 24.3. The number of carbonyl (C=O) groups excluding carboxylic acids is 2. The van der Waals surface area contributed by atoms with E-state index in [0.29, 0.717) is 29.0 Å². The summed E-state index contributed by atoms with van der Waals surface area (Å²) in [5, 5.41) is 1.10. The Balaban J connectivity index is 1.59. The third-order valence-electron chi connectivity index (χ3n) is 7.34. The van der Waals surface area contributed by atoms with Gasteiger partial charge in [-0.2, -0.15) is 13.2 Å². The maximum Gasteiger partial charge on any atom is 0.410 e. The van der Waals surface area contributed by atoms with Crippen molar-refractivity contribution < 1.29 is 45.1 Å². The second kappa shape index (κ2) is 11.5. The van der Waals surface area contributed by atoms with Crippen molar-refractivity contribution in [2.24, 2.45) is 5.92 Å². The van der Waals surface area contributed by atoms with Crippen molar-refractivity contribution >= 4 is 28.9 Å². The average Bonchev–Trinajstić information content (AvgIpc) is 3.76. The van der Waals surface area contributed by atoms with Crippen LogP contribution in [0.2, 0.25) is 0 Å². The SMILES string of the molecule is CC(C)(C)OC(=O)N1CCN(c2nc3c(cc2F)c(=O)c(C(=O)NC(C2CC2)C(F)(F)F)cn3-c2c(F)cc(F)cc2F)CC1. The van der Waals surface area contributed by atoms with Gasteiger partial charge in [-0.15, -0.1) is 0 Å². The average molecular weight is 644 g/mol. The van der Waals surface area contributed by atoms with Crippen LogP contribution < -0.4 is 15.6 Å². The zero-order valence-corrected chi connectivity index (χ0v) is 24.3. The summed E-state index contributed by atoms with van der Waals surface area (Å²) in [4.78, 5) is 45.8. The maximum atomic E-state index is 15.5. The van der Waals surface area contributed by atoms with E-state index in [9.17, 15) is 31.9 Å². The molecule has 3 aromatic rings. The lowest BCUT2D eigenvalue weighted by atomic mass is 10.1. The van der Waals surface area contributed by atoms with E-state index >= 15 is 13.2 Å². The highest BCUT2D eigenvalue weighted by molar-refractivity contribution is 5.97. The summed E-state index contributed by atoms with van der Waals surface area (Å²) in [5.74, 6) is -8.15. The normalized spacial score (nSPS) is 16.6. The van der Waals surface area contributed by atoms with Gasteiger partial charge in [-0.3, -0.25) is 14.2 Å². The van der Waals surface area contributed by atoms with Crippen molar-refractivity contribution in [2.75, 3.05) is 31.1 Å². The van der Waals surface area contributed by atoms with E-state index in [0.717, 1.165) is 0 Å². The number of hydrogen-bond donors (Lipinski definition) is 1. The first kappa shape index (κ1) is 32.0. The van der Waals surface area contributed by atoms with Gasteiger partial charge in [0.25, 0.3) is 5.91 Å². The first-order valence-corrected chi connectivity index (χ1v) is 14.0. The Morgan fingerprint density at radius 1 is 0.956 bits per heavy atom. The number of alkyl halides is 3. The minimum atomic E-state index is -4.85. The fraction of sp³-hybridized carbons (Fsp3) is 0.448. The molecule has 3 heterocycles. The number of benzene rings is 1. The molecule has 1 saturated heterocycles. The molecule has 1 aliphatic carbocycles. The molecule has 1 N–H and O–H groups in total. The number of rotatable bonds is 5. The van der Waals surface area contributed by atoms with Crippen molar-refractivity contribution in [2.45, 2.75) is 51.4 Å². The molecule has 5 rings (SSSR count). The smallest absolute Gasteiger partial charge is 0.410 e. The molecular formula is C29H28F7N5O4. The van der Waals surface area contributed by atoms with Crippen LogP contribution in [0, 0.1) is 29.2 Å². The highest BCUT2D eigenvalue weighted by Crippen LogP contribution is 2.40. The van der Waals surface area contributed by atoms with Crippen LogP contribution in [0.4, 0.5) is 41.3 Å². The van der Waals surface area contributed by atoms with E-state index in [2.05, 4.69) is 4.98 Å².